The number of carbonyl (C=O) groups excluding carboxylic acids is 3. The van der Waals surface area contributed by atoms with Crippen molar-refractivity contribution in [3.63, 3.8) is 0 Å². The Labute approximate surface area is 194 Å². The average Bonchev–Trinajstić information content (AvgIpc) is 3.14. The highest BCUT2D eigenvalue weighted by molar-refractivity contribution is 7.92. The van der Waals surface area contributed by atoms with Gasteiger partial charge in [-0.1, -0.05) is 12.1 Å². The van der Waals surface area contributed by atoms with Gasteiger partial charge < -0.3 is 10.6 Å². The molecule has 1 aromatic heterocycles. The van der Waals surface area contributed by atoms with Crippen LogP contribution in [0.15, 0.2) is 47.8 Å². The zero-order chi connectivity index (χ0) is 24.2. The molecule has 0 saturated carbocycles. The second-order valence-corrected chi connectivity index (χ2v) is 9.71. The van der Waals surface area contributed by atoms with Gasteiger partial charge in [0.2, 0.25) is 21.8 Å². The minimum Gasteiger partial charge on any atom is -0.326 e. The molecular weight excluding hydrogens is 466 g/mol. The van der Waals surface area contributed by atoms with Gasteiger partial charge in [0.25, 0.3) is 5.91 Å². The molecular formula is C21H21N5O5S2. The van der Waals surface area contributed by atoms with Crippen LogP contribution in [0.2, 0.25) is 0 Å². The minimum absolute atomic E-state index is 0.220. The number of anilines is 4. The van der Waals surface area contributed by atoms with Gasteiger partial charge in [0, 0.05) is 47.4 Å². The molecule has 0 unspecified atom stereocenters. The molecule has 3 aromatic rings. The van der Waals surface area contributed by atoms with E-state index in [2.05, 4.69) is 25.7 Å². The maximum Gasteiger partial charge on any atom is 0.257 e. The Hall–Kier alpha value is -3.77. The van der Waals surface area contributed by atoms with Crippen LogP contribution in [-0.4, -0.2) is 37.4 Å². The molecule has 4 N–H and O–H groups in total. The summed E-state index contributed by atoms with van der Waals surface area (Å²) in [7, 11) is -3.37. The molecule has 3 amide bonds. The van der Waals surface area contributed by atoms with E-state index in [1.54, 1.807) is 35.7 Å². The van der Waals surface area contributed by atoms with Gasteiger partial charge in [0.15, 0.2) is 5.13 Å². The number of nitrogens with one attached hydrogen (secondary N) is 4. The zero-order valence-corrected chi connectivity index (χ0v) is 19.6. The predicted molar refractivity (Wildman–Crippen MR) is 129 cm³/mol. The van der Waals surface area contributed by atoms with E-state index in [0.29, 0.717) is 27.9 Å². The van der Waals surface area contributed by atoms with Crippen molar-refractivity contribution >= 4 is 61.3 Å². The standard InChI is InChI=1S/C21H21N5O5S2/c1-12(27)22-17-8-15(9-18(10-17)23-13(2)28)20(29)25-21-24-19(11-32-21)14-4-6-16(7-5-14)26-33(3,30)31/h4-11,26H,1-3H3,(H,22,27)(H,23,28)(H,24,25,29). The van der Waals surface area contributed by atoms with E-state index < -0.39 is 15.9 Å². The Bertz CT molecular complexity index is 1280. The summed E-state index contributed by atoms with van der Waals surface area (Å²) in [5.41, 5.74) is 2.72. The number of benzene rings is 2. The number of nitrogens with zero attached hydrogens (tertiary/aromatic N) is 1. The van der Waals surface area contributed by atoms with Crippen molar-refractivity contribution < 1.29 is 22.8 Å². The third-order valence-electron chi connectivity index (χ3n) is 4.04. The number of hydrogen-bond acceptors (Lipinski definition) is 7. The molecule has 1 heterocycles. The molecule has 0 bridgehead atoms. The predicted octanol–water partition coefficient (Wildman–Crippen LogP) is 3.35. The van der Waals surface area contributed by atoms with Crippen molar-refractivity contribution in [3.05, 3.63) is 53.4 Å². The van der Waals surface area contributed by atoms with Gasteiger partial charge in [-0.2, -0.15) is 0 Å². The first-order chi connectivity index (χ1) is 15.5. The molecule has 33 heavy (non-hydrogen) atoms. The Kier molecular flexibility index (Phi) is 7.09. The molecule has 0 radical (unpaired) electrons. The van der Waals surface area contributed by atoms with E-state index in [4.69, 9.17) is 0 Å². The molecule has 0 saturated heterocycles. The van der Waals surface area contributed by atoms with Crippen molar-refractivity contribution in [3.8, 4) is 11.3 Å². The van der Waals surface area contributed by atoms with Crippen LogP contribution in [-0.2, 0) is 19.6 Å². The Balaban J connectivity index is 1.77. The first-order valence-corrected chi connectivity index (χ1v) is 12.3. The number of amides is 3. The van der Waals surface area contributed by atoms with Crippen molar-refractivity contribution in [1.82, 2.24) is 4.98 Å². The van der Waals surface area contributed by atoms with Gasteiger partial charge in [-0.15, -0.1) is 11.3 Å². The van der Waals surface area contributed by atoms with Crippen molar-refractivity contribution in [1.29, 1.82) is 0 Å². The Morgan fingerprint density at radius 1 is 0.848 bits per heavy atom. The molecule has 10 nitrogen and oxygen atoms in total. The number of sulfonamides is 1. The summed E-state index contributed by atoms with van der Waals surface area (Å²) in [6.07, 6.45) is 1.07. The highest BCUT2D eigenvalue weighted by atomic mass is 32.2. The fourth-order valence-electron chi connectivity index (χ4n) is 2.87. The van der Waals surface area contributed by atoms with E-state index >= 15 is 0 Å². The lowest BCUT2D eigenvalue weighted by Gasteiger charge is -2.10. The molecule has 2 aromatic carbocycles. The third kappa shape index (κ3) is 7.12. The summed E-state index contributed by atoms with van der Waals surface area (Å²) >= 11 is 1.22. The monoisotopic (exact) mass is 487 g/mol. The van der Waals surface area contributed by atoms with Gasteiger partial charge in [0.1, 0.15) is 0 Å². The van der Waals surface area contributed by atoms with E-state index in [0.717, 1.165) is 11.8 Å². The lowest BCUT2D eigenvalue weighted by atomic mass is 10.1. The number of carbonyl (C=O) groups is 3. The normalized spacial score (nSPS) is 10.9. The maximum atomic E-state index is 12.8. The molecule has 0 aliphatic carbocycles. The molecule has 0 spiro atoms. The molecule has 3 rings (SSSR count). The van der Waals surface area contributed by atoms with Gasteiger partial charge >= 0.3 is 0 Å². The maximum absolute atomic E-state index is 12.8. The fraction of sp³-hybridized carbons (Fsp3) is 0.143. The van der Waals surface area contributed by atoms with Crippen LogP contribution in [0.4, 0.5) is 22.2 Å². The molecule has 172 valence electrons. The fourth-order valence-corrected chi connectivity index (χ4v) is 4.14. The van der Waals surface area contributed by atoms with Crippen LogP contribution < -0.4 is 20.7 Å². The lowest BCUT2D eigenvalue weighted by molar-refractivity contribution is -0.115. The summed E-state index contributed by atoms with van der Waals surface area (Å²) in [6, 6.07) is 11.2. The minimum atomic E-state index is -3.37. The van der Waals surface area contributed by atoms with E-state index in [9.17, 15) is 22.8 Å². The SMILES string of the molecule is CC(=O)Nc1cc(NC(C)=O)cc(C(=O)Nc2nc(-c3ccc(NS(C)(=O)=O)cc3)cs2)c1. The zero-order valence-electron chi connectivity index (χ0n) is 17.9. The highest BCUT2D eigenvalue weighted by Crippen LogP contribution is 2.27. The molecule has 12 heteroatoms. The van der Waals surface area contributed by atoms with Crippen LogP contribution in [0.5, 0.6) is 0 Å². The average molecular weight is 488 g/mol. The number of aromatic nitrogens is 1. The largest absolute Gasteiger partial charge is 0.326 e. The van der Waals surface area contributed by atoms with E-state index in [-0.39, 0.29) is 17.4 Å². The second kappa shape index (κ2) is 9.79. The van der Waals surface area contributed by atoms with Crippen molar-refractivity contribution in [2.75, 3.05) is 26.9 Å². The van der Waals surface area contributed by atoms with E-state index in [1.165, 1.54) is 37.3 Å². The highest BCUT2D eigenvalue weighted by Gasteiger charge is 2.13. The Morgan fingerprint density at radius 3 is 1.94 bits per heavy atom. The van der Waals surface area contributed by atoms with Gasteiger partial charge in [-0.25, -0.2) is 13.4 Å². The van der Waals surface area contributed by atoms with E-state index in [1.807, 2.05) is 0 Å². The third-order valence-corrected chi connectivity index (χ3v) is 5.41. The summed E-state index contributed by atoms with van der Waals surface area (Å²) in [5, 5.41) is 10.00. The van der Waals surface area contributed by atoms with Crippen LogP contribution in [0, 0.1) is 0 Å². The molecule has 0 aliphatic heterocycles. The summed E-state index contributed by atoms with van der Waals surface area (Å²) < 4.78 is 25.0. The van der Waals surface area contributed by atoms with Crippen LogP contribution in [0.25, 0.3) is 11.3 Å². The van der Waals surface area contributed by atoms with Crippen LogP contribution >= 0.6 is 11.3 Å². The number of thiazole rings is 1. The summed E-state index contributed by atoms with van der Waals surface area (Å²) in [6.45, 7) is 2.68. The lowest BCUT2D eigenvalue weighted by Crippen LogP contribution is -2.15. The summed E-state index contributed by atoms with van der Waals surface area (Å²) in [5.74, 6) is -1.10. The first kappa shape index (κ1) is 23.9. The topological polar surface area (TPSA) is 146 Å². The van der Waals surface area contributed by atoms with Crippen LogP contribution in [0.1, 0.15) is 24.2 Å². The number of rotatable bonds is 7. The summed E-state index contributed by atoms with van der Waals surface area (Å²) in [4.78, 5) is 40.0. The van der Waals surface area contributed by atoms with Gasteiger partial charge in [-0.05, 0) is 30.3 Å². The van der Waals surface area contributed by atoms with Crippen molar-refractivity contribution in [2.24, 2.45) is 0 Å². The Morgan fingerprint density at radius 2 is 1.42 bits per heavy atom. The molecule has 0 aliphatic rings. The smallest absolute Gasteiger partial charge is 0.257 e. The van der Waals surface area contributed by atoms with Crippen molar-refractivity contribution in [2.45, 2.75) is 13.8 Å². The second-order valence-electron chi connectivity index (χ2n) is 7.11. The van der Waals surface area contributed by atoms with Gasteiger partial charge in [-0.3, -0.25) is 24.4 Å². The quantitative estimate of drug-likeness (QED) is 0.402. The van der Waals surface area contributed by atoms with Crippen LogP contribution in [0.3, 0.4) is 0 Å². The molecule has 0 atom stereocenters. The number of hydrogen-bond donors (Lipinski definition) is 4. The van der Waals surface area contributed by atoms with Gasteiger partial charge in [0.05, 0.1) is 11.9 Å². The molecule has 0 fully saturated rings. The first-order valence-electron chi connectivity index (χ1n) is 9.54.